The number of ether oxygens (including phenoxy) is 2. The van der Waals surface area contributed by atoms with E-state index >= 15 is 0 Å². The Kier molecular flexibility index (Phi) is 7.40. The van der Waals surface area contributed by atoms with Crippen molar-refractivity contribution < 1.29 is 37.3 Å². The highest BCUT2D eigenvalue weighted by Gasteiger charge is 2.32. The number of anilines is 2. The van der Waals surface area contributed by atoms with Crippen molar-refractivity contribution in [3.63, 3.8) is 0 Å². The highest BCUT2D eigenvalue weighted by molar-refractivity contribution is 6.09. The molecule has 0 fully saturated rings. The summed E-state index contributed by atoms with van der Waals surface area (Å²) in [5.41, 5.74) is 2.19. The molecule has 37 heavy (non-hydrogen) atoms. The van der Waals surface area contributed by atoms with Gasteiger partial charge in [0.1, 0.15) is 18.1 Å². The minimum Gasteiger partial charge on any atom is -0.506 e. The molecule has 7 nitrogen and oxygen atoms in total. The normalized spacial score (nSPS) is 13.3. The van der Waals surface area contributed by atoms with E-state index in [2.05, 4.69) is 5.32 Å². The van der Waals surface area contributed by atoms with Crippen molar-refractivity contribution in [1.29, 1.82) is 0 Å². The summed E-state index contributed by atoms with van der Waals surface area (Å²) in [4.78, 5) is 26.3. The molecule has 0 unspecified atom stereocenters. The third-order valence-electron chi connectivity index (χ3n) is 5.95. The summed E-state index contributed by atoms with van der Waals surface area (Å²) in [5, 5.41) is 12.5. The summed E-state index contributed by atoms with van der Waals surface area (Å²) in [6.07, 6.45) is -4.02. The zero-order valence-corrected chi connectivity index (χ0v) is 20.2. The van der Waals surface area contributed by atoms with E-state index in [0.717, 1.165) is 17.7 Å². The first-order valence-electron chi connectivity index (χ1n) is 11.5. The summed E-state index contributed by atoms with van der Waals surface area (Å²) < 4.78 is 50.4. The summed E-state index contributed by atoms with van der Waals surface area (Å²) in [6, 6.07) is 13.0. The van der Waals surface area contributed by atoms with Crippen LogP contribution in [0.4, 0.5) is 24.5 Å². The van der Waals surface area contributed by atoms with Gasteiger partial charge in [-0.25, -0.2) is 0 Å². The van der Waals surface area contributed by atoms with Crippen LogP contribution in [-0.2, 0) is 22.1 Å². The van der Waals surface area contributed by atoms with Gasteiger partial charge in [-0.2, -0.15) is 13.2 Å². The molecular weight excluding hydrogens is 489 g/mol. The van der Waals surface area contributed by atoms with Gasteiger partial charge in [0, 0.05) is 37.4 Å². The number of benzene rings is 3. The molecule has 194 valence electrons. The number of phenols is 1. The number of aromatic hydroxyl groups is 1. The number of phenolic OH excluding ortho intramolecular Hbond substituents is 1. The van der Waals surface area contributed by atoms with Crippen LogP contribution >= 0.6 is 0 Å². The van der Waals surface area contributed by atoms with E-state index in [0.29, 0.717) is 35.3 Å². The molecule has 0 saturated heterocycles. The maximum absolute atomic E-state index is 13.3. The van der Waals surface area contributed by atoms with Crippen LogP contribution in [-0.4, -0.2) is 43.8 Å². The summed E-state index contributed by atoms with van der Waals surface area (Å²) in [7, 11) is 1.47. The molecule has 0 bridgehead atoms. The molecule has 1 aliphatic rings. The van der Waals surface area contributed by atoms with Crippen LogP contribution in [0.2, 0.25) is 0 Å². The Labute approximate surface area is 211 Å². The second-order valence-electron chi connectivity index (χ2n) is 8.51. The summed E-state index contributed by atoms with van der Waals surface area (Å²) in [6.45, 7) is 1.95. The molecule has 0 spiro atoms. The van der Waals surface area contributed by atoms with Crippen LogP contribution in [0.25, 0.3) is 11.1 Å². The number of rotatable bonds is 7. The van der Waals surface area contributed by atoms with E-state index in [1.807, 2.05) is 0 Å². The Bertz CT molecular complexity index is 1340. The molecule has 0 radical (unpaired) electrons. The smallest absolute Gasteiger partial charge is 0.416 e. The minimum absolute atomic E-state index is 0.0742. The van der Waals surface area contributed by atoms with Crippen molar-refractivity contribution in [1.82, 2.24) is 0 Å². The van der Waals surface area contributed by atoms with E-state index in [1.165, 1.54) is 32.2 Å². The third kappa shape index (κ3) is 5.69. The van der Waals surface area contributed by atoms with Gasteiger partial charge in [-0.3, -0.25) is 9.59 Å². The van der Waals surface area contributed by atoms with Crippen LogP contribution in [0.1, 0.15) is 28.4 Å². The number of nitrogens with zero attached hydrogens (tertiary/aromatic N) is 1. The van der Waals surface area contributed by atoms with Gasteiger partial charge in [0.15, 0.2) is 0 Å². The molecule has 3 aromatic carbocycles. The zero-order chi connectivity index (χ0) is 26.7. The third-order valence-corrected chi connectivity index (χ3v) is 5.95. The quantitative estimate of drug-likeness (QED) is 0.332. The number of fused-ring (bicyclic) bond motifs is 1. The second-order valence-corrected chi connectivity index (χ2v) is 8.51. The fourth-order valence-electron chi connectivity index (χ4n) is 4.18. The lowest BCUT2D eigenvalue weighted by Gasteiger charge is -2.29. The molecule has 1 heterocycles. The van der Waals surface area contributed by atoms with Crippen molar-refractivity contribution in [2.75, 3.05) is 37.1 Å². The lowest BCUT2D eigenvalue weighted by Crippen LogP contribution is -2.37. The Morgan fingerprint density at radius 3 is 2.51 bits per heavy atom. The number of halogens is 3. The van der Waals surface area contributed by atoms with E-state index in [-0.39, 0.29) is 42.2 Å². The highest BCUT2D eigenvalue weighted by Crippen LogP contribution is 2.39. The van der Waals surface area contributed by atoms with Gasteiger partial charge < -0.3 is 24.8 Å². The summed E-state index contributed by atoms with van der Waals surface area (Å²) >= 11 is 0. The monoisotopic (exact) mass is 514 g/mol. The topological polar surface area (TPSA) is 88.1 Å². The van der Waals surface area contributed by atoms with E-state index in [1.54, 1.807) is 29.2 Å². The SMILES string of the molecule is COCCOc1cc(C(F)(F)F)ccc1-c1ccc2c(c1)CCN(c1ccc(O)c(NC(C)=O)c1)C2=O. The van der Waals surface area contributed by atoms with Crippen molar-refractivity contribution >= 4 is 23.2 Å². The number of amides is 2. The minimum atomic E-state index is -4.52. The average molecular weight is 515 g/mol. The molecule has 0 aliphatic carbocycles. The van der Waals surface area contributed by atoms with Crippen LogP contribution in [0.3, 0.4) is 0 Å². The summed E-state index contributed by atoms with van der Waals surface area (Å²) in [5.74, 6) is -0.668. The molecule has 0 saturated carbocycles. The first-order valence-corrected chi connectivity index (χ1v) is 11.5. The number of hydrogen-bond acceptors (Lipinski definition) is 5. The van der Waals surface area contributed by atoms with E-state index < -0.39 is 11.7 Å². The number of methoxy groups -OCH3 is 1. The molecule has 2 amide bonds. The fraction of sp³-hybridized carbons (Fsp3) is 0.259. The maximum atomic E-state index is 13.3. The number of nitrogens with one attached hydrogen (secondary N) is 1. The van der Waals surface area contributed by atoms with Gasteiger partial charge in [0.2, 0.25) is 5.91 Å². The van der Waals surface area contributed by atoms with E-state index in [9.17, 15) is 27.9 Å². The largest absolute Gasteiger partial charge is 0.506 e. The van der Waals surface area contributed by atoms with Gasteiger partial charge in [0.05, 0.1) is 17.9 Å². The Hall–Kier alpha value is -4.05. The van der Waals surface area contributed by atoms with Crippen LogP contribution in [0.5, 0.6) is 11.5 Å². The lowest BCUT2D eigenvalue weighted by atomic mass is 9.93. The number of hydrogen-bond donors (Lipinski definition) is 2. The van der Waals surface area contributed by atoms with Crippen molar-refractivity contribution in [2.24, 2.45) is 0 Å². The second kappa shape index (κ2) is 10.5. The first-order chi connectivity index (χ1) is 17.6. The zero-order valence-electron chi connectivity index (χ0n) is 20.2. The first kappa shape index (κ1) is 26.0. The Balaban J connectivity index is 1.65. The lowest BCUT2D eigenvalue weighted by molar-refractivity contribution is -0.137. The number of carbonyl (C=O) groups excluding carboxylic acids is 2. The van der Waals surface area contributed by atoms with Gasteiger partial charge in [-0.15, -0.1) is 0 Å². The molecule has 1 aliphatic heterocycles. The maximum Gasteiger partial charge on any atom is 0.416 e. The highest BCUT2D eigenvalue weighted by atomic mass is 19.4. The van der Waals surface area contributed by atoms with Crippen molar-refractivity contribution in [2.45, 2.75) is 19.5 Å². The standard InChI is InChI=1S/C27H25F3N2O5/c1-16(33)31-23-15-20(5-8-24(23)34)32-10-9-18-13-17(3-6-22(18)26(32)35)21-7-4-19(27(28,29)30)14-25(21)37-12-11-36-2/h3-8,13-15,34H,9-12H2,1-2H3,(H,31,33). The predicted octanol–water partition coefficient (Wildman–Crippen LogP) is 5.26. The van der Waals surface area contributed by atoms with Gasteiger partial charge in [-0.1, -0.05) is 18.2 Å². The van der Waals surface area contributed by atoms with Crippen LogP contribution in [0.15, 0.2) is 54.6 Å². The molecule has 10 heteroatoms. The van der Waals surface area contributed by atoms with E-state index in [4.69, 9.17) is 9.47 Å². The number of carbonyl (C=O) groups is 2. The molecule has 0 atom stereocenters. The molecule has 2 N–H and O–H groups in total. The molecule has 4 rings (SSSR count). The Morgan fingerprint density at radius 1 is 1.05 bits per heavy atom. The van der Waals surface area contributed by atoms with Gasteiger partial charge in [0.25, 0.3) is 5.91 Å². The molecular formula is C27H25F3N2O5. The Morgan fingerprint density at radius 2 is 1.81 bits per heavy atom. The van der Waals surface area contributed by atoms with Crippen molar-refractivity contribution in [3.05, 3.63) is 71.3 Å². The fourth-order valence-corrected chi connectivity index (χ4v) is 4.18. The average Bonchev–Trinajstić information content (AvgIpc) is 2.85. The van der Waals surface area contributed by atoms with Gasteiger partial charge in [-0.05, 0) is 53.9 Å². The van der Waals surface area contributed by atoms with Gasteiger partial charge >= 0.3 is 6.18 Å². The van der Waals surface area contributed by atoms with Crippen molar-refractivity contribution in [3.8, 4) is 22.6 Å². The number of alkyl halides is 3. The van der Waals surface area contributed by atoms with Crippen LogP contribution in [0, 0.1) is 0 Å². The van der Waals surface area contributed by atoms with Crippen LogP contribution < -0.4 is 15.0 Å². The molecule has 0 aromatic heterocycles. The predicted molar refractivity (Wildman–Crippen MR) is 132 cm³/mol. The molecule has 3 aromatic rings.